The molecule has 5 nitrogen and oxygen atoms in total. The highest BCUT2D eigenvalue weighted by atomic mass is 35.5. The minimum atomic E-state index is -0.356. The largest absolute Gasteiger partial charge is 0.490 e. The zero-order chi connectivity index (χ0) is 21.1. The fourth-order valence-electron chi connectivity index (χ4n) is 2.89. The molecule has 1 saturated heterocycles. The molecule has 1 fully saturated rings. The van der Waals surface area contributed by atoms with Gasteiger partial charge in [0, 0.05) is 19.7 Å². The Labute approximate surface area is 179 Å². The van der Waals surface area contributed by atoms with Crippen LogP contribution in [0.3, 0.4) is 0 Å². The second kappa shape index (κ2) is 8.80. The predicted octanol–water partition coefficient (Wildman–Crippen LogP) is 4.49. The molecule has 29 heavy (non-hydrogen) atoms. The smallest absolute Gasteiger partial charge is 0.276 e. The van der Waals surface area contributed by atoms with Gasteiger partial charge in [-0.05, 0) is 49.0 Å². The van der Waals surface area contributed by atoms with E-state index in [2.05, 4.69) is 0 Å². The summed E-state index contributed by atoms with van der Waals surface area (Å²) in [6, 6.07) is 9.75. The van der Waals surface area contributed by atoms with Crippen LogP contribution in [0, 0.1) is 5.82 Å². The fraction of sp³-hybridized carbons (Fsp3) is 0.238. The molecule has 3 rings (SSSR count). The van der Waals surface area contributed by atoms with Gasteiger partial charge in [-0.2, -0.15) is 0 Å². The summed E-state index contributed by atoms with van der Waals surface area (Å²) in [6.45, 7) is 2.23. The summed E-state index contributed by atoms with van der Waals surface area (Å²) in [4.78, 5) is 15.4. The van der Waals surface area contributed by atoms with Gasteiger partial charge in [0.1, 0.15) is 18.1 Å². The molecule has 1 aliphatic rings. The van der Waals surface area contributed by atoms with E-state index in [4.69, 9.17) is 33.3 Å². The van der Waals surface area contributed by atoms with Crippen molar-refractivity contribution < 1.29 is 18.7 Å². The summed E-state index contributed by atoms with van der Waals surface area (Å²) in [7, 11) is 3.35. The van der Waals surface area contributed by atoms with Gasteiger partial charge in [-0.3, -0.25) is 9.69 Å². The van der Waals surface area contributed by atoms with Crippen molar-refractivity contribution in [1.29, 1.82) is 0 Å². The van der Waals surface area contributed by atoms with Crippen LogP contribution in [0.5, 0.6) is 11.5 Å². The molecule has 0 aliphatic carbocycles. The monoisotopic (exact) mass is 434 g/mol. The molecular formula is C21H20ClFN2O3S. The maximum atomic E-state index is 13.9. The lowest BCUT2D eigenvalue weighted by Gasteiger charge is -2.15. The molecule has 0 aromatic heterocycles. The second-order valence-electron chi connectivity index (χ2n) is 6.38. The molecule has 152 valence electrons. The van der Waals surface area contributed by atoms with Crippen LogP contribution >= 0.6 is 23.8 Å². The number of hydrogen-bond acceptors (Lipinski definition) is 4. The van der Waals surface area contributed by atoms with E-state index in [9.17, 15) is 9.18 Å². The number of carbonyl (C=O) groups is 1. The molecule has 0 unspecified atom stereocenters. The Hall–Kier alpha value is -2.64. The van der Waals surface area contributed by atoms with Crippen molar-refractivity contribution in [3.8, 4) is 11.5 Å². The SMILES string of the molecule is CCOc1cc(/C=C2/C(=O)N(C)C(=S)N2C)cc(Cl)c1OCc1ccccc1F. The van der Waals surface area contributed by atoms with Crippen molar-refractivity contribution in [1.82, 2.24) is 9.80 Å². The summed E-state index contributed by atoms with van der Waals surface area (Å²) in [5.74, 6) is 0.169. The van der Waals surface area contributed by atoms with Crippen LogP contribution in [0.2, 0.25) is 5.02 Å². The van der Waals surface area contributed by atoms with E-state index in [1.54, 1.807) is 55.4 Å². The molecule has 0 bridgehead atoms. The zero-order valence-electron chi connectivity index (χ0n) is 16.2. The van der Waals surface area contributed by atoms with Crippen LogP contribution in [0.15, 0.2) is 42.1 Å². The highest BCUT2D eigenvalue weighted by Gasteiger charge is 2.32. The van der Waals surface area contributed by atoms with Crippen LogP contribution < -0.4 is 9.47 Å². The number of nitrogens with zero attached hydrogens (tertiary/aromatic N) is 2. The second-order valence-corrected chi connectivity index (χ2v) is 7.15. The lowest BCUT2D eigenvalue weighted by molar-refractivity contribution is -0.121. The Morgan fingerprint density at radius 3 is 2.52 bits per heavy atom. The van der Waals surface area contributed by atoms with Gasteiger partial charge in [0.25, 0.3) is 5.91 Å². The van der Waals surface area contributed by atoms with Crippen molar-refractivity contribution >= 4 is 40.9 Å². The van der Waals surface area contributed by atoms with Gasteiger partial charge in [-0.1, -0.05) is 29.8 Å². The maximum Gasteiger partial charge on any atom is 0.276 e. The van der Waals surface area contributed by atoms with Crippen LogP contribution in [0.25, 0.3) is 6.08 Å². The fourth-order valence-corrected chi connectivity index (χ4v) is 3.34. The van der Waals surface area contributed by atoms with E-state index in [-0.39, 0.29) is 18.3 Å². The third-order valence-electron chi connectivity index (χ3n) is 4.42. The zero-order valence-corrected chi connectivity index (χ0v) is 17.8. The molecule has 1 amide bonds. The van der Waals surface area contributed by atoms with Crippen molar-refractivity contribution in [2.24, 2.45) is 0 Å². The highest BCUT2D eigenvalue weighted by molar-refractivity contribution is 7.80. The van der Waals surface area contributed by atoms with Gasteiger partial charge in [0.15, 0.2) is 16.6 Å². The Bertz CT molecular complexity index is 996. The van der Waals surface area contributed by atoms with Crippen LogP contribution in [-0.2, 0) is 11.4 Å². The molecular weight excluding hydrogens is 415 g/mol. The number of hydrogen-bond donors (Lipinski definition) is 0. The molecule has 2 aromatic rings. The summed E-state index contributed by atoms with van der Waals surface area (Å²) in [6.07, 6.45) is 1.69. The van der Waals surface area contributed by atoms with Gasteiger partial charge in [0.05, 0.1) is 11.6 Å². The molecule has 0 radical (unpaired) electrons. The van der Waals surface area contributed by atoms with Gasteiger partial charge in [-0.15, -0.1) is 0 Å². The number of thiocarbonyl (C=S) groups is 1. The first-order chi connectivity index (χ1) is 13.8. The first-order valence-corrected chi connectivity index (χ1v) is 9.72. The molecule has 0 spiro atoms. The average molecular weight is 435 g/mol. The Morgan fingerprint density at radius 2 is 1.90 bits per heavy atom. The van der Waals surface area contributed by atoms with Crippen LogP contribution in [0.4, 0.5) is 4.39 Å². The summed E-state index contributed by atoms with van der Waals surface area (Å²) >= 11 is 11.7. The summed E-state index contributed by atoms with van der Waals surface area (Å²) < 4.78 is 25.3. The third kappa shape index (κ3) is 4.36. The van der Waals surface area contributed by atoms with E-state index in [0.717, 1.165) is 0 Å². The van der Waals surface area contributed by atoms with Gasteiger partial charge >= 0.3 is 0 Å². The van der Waals surface area contributed by atoms with Crippen molar-refractivity contribution in [2.75, 3.05) is 20.7 Å². The number of likely N-dealkylation sites (N-methyl/N-ethyl adjacent to an activating group) is 2. The Morgan fingerprint density at radius 1 is 1.17 bits per heavy atom. The molecule has 2 aromatic carbocycles. The Kier molecular flexibility index (Phi) is 6.39. The summed E-state index contributed by atoms with van der Waals surface area (Å²) in [5, 5.41) is 0.713. The van der Waals surface area contributed by atoms with Gasteiger partial charge in [0.2, 0.25) is 0 Å². The van der Waals surface area contributed by atoms with E-state index in [0.29, 0.717) is 45.1 Å². The number of amides is 1. The first kappa shape index (κ1) is 21.1. The minimum absolute atomic E-state index is 0.00714. The molecule has 1 heterocycles. The number of halogens is 2. The number of rotatable bonds is 6. The summed E-state index contributed by atoms with van der Waals surface area (Å²) in [5.41, 5.74) is 1.49. The van der Waals surface area contributed by atoms with Gasteiger partial charge in [-0.25, -0.2) is 4.39 Å². The molecule has 0 N–H and O–H groups in total. The van der Waals surface area contributed by atoms with Crippen molar-refractivity contribution in [2.45, 2.75) is 13.5 Å². The van der Waals surface area contributed by atoms with Crippen molar-refractivity contribution in [3.05, 3.63) is 64.1 Å². The highest BCUT2D eigenvalue weighted by Crippen LogP contribution is 2.38. The predicted molar refractivity (Wildman–Crippen MR) is 114 cm³/mol. The number of ether oxygens (including phenoxy) is 2. The van der Waals surface area contributed by atoms with Gasteiger partial charge < -0.3 is 14.4 Å². The van der Waals surface area contributed by atoms with Crippen molar-refractivity contribution in [3.63, 3.8) is 0 Å². The lowest BCUT2D eigenvalue weighted by Crippen LogP contribution is -2.26. The van der Waals surface area contributed by atoms with E-state index in [1.165, 1.54) is 11.0 Å². The maximum absolute atomic E-state index is 13.9. The minimum Gasteiger partial charge on any atom is -0.490 e. The molecule has 8 heteroatoms. The topological polar surface area (TPSA) is 42.0 Å². The molecule has 0 saturated carbocycles. The third-order valence-corrected chi connectivity index (χ3v) is 5.25. The number of benzene rings is 2. The van der Waals surface area contributed by atoms with Crippen LogP contribution in [0.1, 0.15) is 18.1 Å². The first-order valence-electron chi connectivity index (χ1n) is 8.93. The normalized spacial score (nSPS) is 15.4. The molecule has 0 atom stereocenters. The molecule has 1 aliphatic heterocycles. The van der Waals surface area contributed by atoms with E-state index >= 15 is 0 Å². The number of carbonyl (C=O) groups excluding carboxylic acids is 1. The standard InChI is InChI=1S/C21H20ClFN2O3S/c1-4-27-18-11-13(10-17-20(26)25(3)21(29)24(17)2)9-15(22)19(18)28-12-14-7-5-6-8-16(14)23/h5-11H,4,12H2,1-3H3/b17-10-. The van der Waals surface area contributed by atoms with E-state index in [1.807, 2.05) is 6.92 Å². The quantitative estimate of drug-likeness (QED) is 0.495. The van der Waals surface area contributed by atoms with E-state index < -0.39 is 0 Å². The van der Waals surface area contributed by atoms with Crippen LogP contribution in [-0.4, -0.2) is 41.5 Å². The Balaban J connectivity index is 1.92. The average Bonchev–Trinajstić information content (AvgIpc) is 2.87. The lowest BCUT2D eigenvalue weighted by atomic mass is 10.1.